The highest BCUT2D eigenvalue weighted by atomic mass is 16.3. The van der Waals surface area contributed by atoms with E-state index >= 15 is 0 Å². The number of nitrogens with zero attached hydrogens (tertiary/aromatic N) is 2. The van der Waals surface area contributed by atoms with Gasteiger partial charge < -0.3 is 9.32 Å². The van der Waals surface area contributed by atoms with Crippen molar-refractivity contribution < 1.29 is 9.21 Å². The first-order valence-electron chi connectivity index (χ1n) is 10.2. The van der Waals surface area contributed by atoms with Gasteiger partial charge in [0.25, 0.3) is 0 Å². The van der Waals surface area contributed by atoms with E-state index in [4.69, 9.17) is 9.41 Å². The normalized spacial score (nSPS) is 10.6. The van der Waals surface area contributed by atoms with Crippen LogP contribution in [0.4, 0.5) is 5.69 Å². The van der Waals surface area contributed by atoms with E-state index in [0.717, 1.165) is 44.8 Å². The molecule has 1 aromatic heterocycles. The maximum Gasteiger partial charge on any atom is 0.245 e. The monoisotopic (exact) mass is 408 g/mol. The lowest BCUT2D eigenvalue weighted by Crippen LogP contribution is -2.24. The SMILES string of the molecule is C=CC(=O)N(C)Cc1c(C)oc2c(N=C(c3ccccc3)c3ccccc3)cccc12. The average molecular weight is 409 g/mol. The zero-order valence-corrected chi connectivity index (χ0v) is 17.7. The van der Waals surface area contributed by atoms with E-state index in [2.05, 4.69) is 30.8 Å². The Morgan fingerprint density at radius 2 is 1.58 bits per heavy atom. The molecule has 0 radical (unpaired) electrons. The molecule has 31 heavy (non-hydrogen) atoms. The van der Waals surface area contributed by atoms with Crippen LogP contribution in [-0.2, 0) is 11.3 Å². The summed E-state index contributed by atoms with van der Waals surface area (Å²) in [5.41, 5.74) is 5.40. The number of furan rings is 1. The van der Waals surface area contributed by atoms with Crippen molar-refractivity contribution in [3.05, 3.63) is 114 Å². The number of hydrogen-bond donors (Lipinski definition) is 0. The van der Waals surface area contributed by atoms with Gasteiger partial charge in [-0.25, -0.2) is 4.99 Å². The standard InChI is InChI=1S/C27H24N2O2/c1-4-25(30)29(3)18-23-19(2)31-27-22(23)16-11-17-24(27)28-26(20-12-7-5-8-13-20)21-14-9-6-10-15-21/h4-17H,1,18H2,2-3H3. The second-order valence-corrected chi connectivity index (χ2v) is 7.38. The van der Waals surface area contributed by atoms with Crippen LogP contribution in [0.3, 0.4) is 0 Å². The molecule has 1 amide bonds. The van der Waals surface area contributed by atoms with Gasteiger partial charge in [0.15, 0.2) is 5.58 Å². The summed E-state index contributed by atoms with van der Waals surface area (Å²) in [5, 5.41) is 0.961. The third-order valence-corrected chi connectivity index (χ3v) is 5.27. The minimum Gasteiger partial charge on any atom is -0.459 e. The Kier molecular flexibility index (Phi) is 5.80. The number of amides is 1. The molecule has 0 bridgehead atoms. The summed E-state index contributed by atoms with van der Waals surface area (Å²) in [6, 6.07) is 26.2. The second-order valence-electron chi connectivity index (χ2n) is 7.38. The first-order valence-corrected chi connectivity index (χ1v) is 10.2. The summed E-state index contributed by atoms with van der Waals surface area (Å²) < 4.78 is 6.15. The van der Waals surface area contributed by atoms with E-state index in [1.807, 2.05) is 61.5 Å². The van der Waals surface area contributed by atoms with Gasteiger partial charge in [0.05, 0.1) is 5.71 Å². The Bertz CT molecular complexity index is 1210. The maximum absolute atomic E-state index is 12.0. The van der Waals surface area contributed by atoms with Gasteiger partial charge in [-0.15, -0.1) is 0 Å². The number of aryl methyl sites for hydroxylation is 1. The fourth-order valence-corrected chi connectivity index (χ4v) is 3.64. The highest BCUT2D eigenvalue weighted by Crippen LogP contribution is 2.34. The highest BCUT2D eigenvalue weighted by Gasteiger charge is 2.17. The molecule has 3 aromatic carbocycles. The smallest absolute Gasteiger partial charge is 0.245 e. The Balaban J connectivity index is 1.85. The van der Waals surface area contributed by atoms with Crippen molar-refractivity contribution in [2.24, 2.45) is 4.99 Å². The third-order valence-electron chi connectivity index (χ3n) is 5.27. The molecule has 154 valence electrons. The molecule has 0 fully saturated rings. The van der Waals surface area contributed by atoms with Gasteiger partial charge in [0.1, 0.15) is 11.4 Å². The lowest BCUT2D eigenvalue weighted by atomic mass is 10.0. The summed E-state index contributed by atoms with van der Waals surface area (Å²) in [5.74, 6) is 0.653. The molecule has 0 unspecified atom stereocenters. The van der Waals surface area contributed by atoms with Gasteiger partial charge in [0, 0.05) is 35.7 Å². The highest BCUT2D eigenvalue weighted by molar-refractivity contribution is 6.14. The minimum absolute atomic E-state index is 0.127. The van der Waals surface area contributed by atoms with Crippen molar-refractivity contribution >= 4 is 28.3 Å². The van der Waals surface area contributed by atoms with Crippen LogP contribution in [0.15, 0.2) is 101 Å². The zero-order chi connectivity index (χ0) is 21.8. The first kappa shape index (κ1) is 20.4. The summed E-state index contributed by atoms with van der Waals surface area (Å²) in [4.78, 5) is 18.6. The molecule has 4 aromatic rings. The fourth-order valence-electron chi connectivity index (χ4n) is 3.64. The molecule has 0 aliphatic carbocycles. The maximum atomic E-state index is 12.0. The van der Waals surface area contributed by atoms with E-state index in [1.54, 1.807) is 11.9 Å². The molecule has 0 N–H and O–H groups in total. The van der Waals surface area contributed by atoms with Crippen molar-refractivity contribution in [2.75, 3.05) is 7.05 Å². The molecule has 0 saturated carbocycles. The number of rotatable bonds is 6. The predicted octanol–water partition coefficient (Wildman–Crippen LogP) is 6.05. The van der Waals surface area contributed by atoms with Gasteiger partial charge in [-0.1, -0.05) is 79.4 Å². The van der Waals surface area contributed by atoms with Gasteiger partial charge in [-0.2, -0.15) is 0 Å². The van der Waals surface area contributed by atoms with Crippen LogP contribution in [0.25, 0.3) is 11.0 Å². The fraction of sp³-hybridized carbons (Fsp3) is 0.111. The van der Waals surface area contributed by atoms with Crippen molar-refractivity contribution in [3.63, 3.8) is 0 Å². The summed E-state index contributed by atoms with van der Waals surface area (Å²) in [7, 11) is 1.76. The molecule has 0 saturated heterocycles. The summed E-state index contributed by atoms with van der Waals surface area (Å²) >= 11 is 0. The van der Waals surface area contributed by atoms with Crippen LogP contribution < -0.4 is 0 Å². The number of likely N-dealkylation sites (N-methyl/N-ethyl adjacent to an activating group) is 1. The number of carbonyl (C=O) groups excluding carboxylic acids is 1. The molecular weight excluding hydrogens is 384 g/mol. The van der Waals surface area contributed by atoms with Crippen molar-refractivity contribution in [3.8, 4) is 0 Å². The van der Waals surface area contributed by atoms with Crippen LogP contribution in [0, 0.1) is 6.92 Å². The largest absolute Gasteiger partial charge is 0.459 e. The lowest BCUT2D eigenvalue weighted by Gasteiger charge is -2.14. The topological polar surface area (TPSA) is 45.8 Å². The molecule has 0 aliphatic rings. The Labute approximate surface area is 182 Å². The van der Waals surface area contributed by atoms with Gasteiger partial charge >= 0.3 is 0 Å². The number of hydrogen-bond acceptors (Lipinski definition) is 3. The molecular formula is C27H24N2O2. The average Bonchev–Trinajstić information content (AvgIpc) is 3.13. The lowest BCUT2D eigenvalue weighted by molar-refractivity contribution is -0.125. The molecule has 1 heterocycles. The molecule has 0 aliphatic heterocycles. The molecule has 0 spiro atoms. The van der Waals surface area contributed by atoms with Crippen LogP contribution >= 0.6 is 0 Å². The van der Waals surface area contributed by atoms with E-state index in [9.17, 15) is 4.79 Å². The van der Waals surface area contributed by atoms with Crippen molar-refractivity contribution in [1.29, 1.82) is 0 Å². The molecule has 4 heteroatoms. The Morgan fingerprint density at radius 1 is 0.968 bits per heavy atom. The Hall–Kier alpha value is -3.92. The van der Waals surface area contributed by atoms with Gasteiger partial charge in [-0.05, 0) is 19.1 Å². The summed E-state index contributed by atoms with van der Waals surface area (Å²) in [6.07, 6.45) is 1.32. The number of para-hydroxylation sites is 1. The van der Waals surface area contributed by atoms with Crippen LogP contribution in [-0.4, -0.2) is 23.6 Å². The predicted molar refractivity (Wildman–Crippen MR) is 126 cm³/mol. The van der Waals surface area contributed by atoms with Crippen LogP contribution in [0.1, 0.15) is 22.5 Å². The third kappa shape index (κ3) is 4.19. The second kappa shape index (κ2) is 8.84. The van der Waals surface area contributed by atoms with E-state index in [1.165, 1.54) is 6.08 Å². The van der Waals surface area contributed by atoms with E-state index in [-0.39, 0.29) is 5.91 Å². The van der Waals surface area contributed by atoms with Crippen LogP contribution in [0.2, 0.25) is 0 Å². The van der Waals surface area contributed by atoms with E-state index < -0.39 is 0 Å². The number of fused-ring (bicyclic) bond motifs is 1. The molecule has 4 nitrogen and oxygen atoms in total. The van der Waals surface area contributed by atoms with Crippen molar-refractivity contribution in [2.45, 2.75) is 13.5 Å². The number of aliphatic imine (C=N–C) groups is 1. The van der Waals surface area contributed by atoms with E-state index in [0.29, 0.717) is 6.54 Å². The quantitative estimate of drug-likeness (QED) is 0.288. The van der Waals surface area contributed by atoms with Gasteiger partial charge in [0.2, 0.25) is 5.91 Å². The minimum atomic E-state index is -0.127. The molecule has 0 atom stereocenters. The summed E-state index contributed by atoms with van der Waals surface area (Å²) in [6.45, 7) is 5.93. The Morgan fingerprint density at radius 3 is 2.16 bits per heavy atom. The number of benzene rings is 3. The van der Waals surface area contributed by atoms with Gasteiger partial charge in [-0.3, -0.25) is 4.79 Å². The molecule has 4 rings (SSSR count). The first-order chi connectivity index (χ1) is 15.1. The van der Waals surface area contributed by atoms with Crippen LogP contribution in [0.5, 0.6) is 0 Å². The zero-order valence-electron chi connectivity index (χ0n) is 17.7. The van der Waals surface area contributed by atoms with Crippen molar-refractivity contribution in [1.82, 2.24) is 4.90 Å². The number of carbonyl (C=O) groups is 1.